The molecule has 2 aromatic heterocycles. The molecule has 0 amide bonds. The summed E-state index contributed by atoms with van der Waals surface area (Å²) in [6.45, 7) is 0. The number of hydrogen-bond donors (Lipinski definition) is 0. The van der Waals surface area contributed by atoms with E-state index in [0.29, 0.717) is 16.7 Å². The predicted octanol–water partition coefficient (Wildman–Crippen LogP) is 12.6. The summed E-state index contributed by atoms with van der Waals surface area (Å²) in [4.78, 5) is 0. The second kappa shape index (κ2) is 12.5. The normalized spacial score (nSPS) is 11.3. The number of para-hydroxylation sites is 2. The number of hydrogen-bond acceptors (Lipinski definition) is 2. The Morgan fingerprint density at radius 1 is 0.352 bits per heavy atom. The lowest BCUT2D eigenvalue weighted by Crippen LogP contribution is -2.01. The average molecular weight is 687 g/mol. The van der Waals surface area contributed by atoms with E-state index < -0.39 is 0 Å². The van der Waals surface area contributed by atoms with E-state index in [0.717, 1.165) is 82.8 Å². The maximum absolute atomic E-state index is 10.5. The van der Waals surface area contributed by atoms with E-state index in [-0.39, 0.29) is 0 Å². The molecule has 0 aliphatic heterocycles. The first kappa shape index (κ1) is 31.1. The Morgan fingerprint density at radius 2 is 0.852 bits per heavy atom. The van der Waals surface area contributed by atoms with Crippen LogP contribution in [0, 0.1) is 22.7 Å². The van der Waals surface area contributed by atoms with Crippen LogP contribution in [0.1, 0.15) is 11.1 Å². The first-order valence-corrected chi connectivity index (χ1v) is 18.0. The summed E-state index contributed by atoms with van der Waals surface area (Å²) in [7, 11) is 0. The molecule has 8 aromatic carbocycles. The van der Waals surface area contributed by atoms with Crippen molar-refractivity contribution in [2.45, 2.75) is 0 Å². The molecule has 0 spiro atoms. The van der Waals surface area contributed by atoms with Crippen LogP contribution >= 0.6 is 0 Å². The van der Waals surface area contributed by atoms with Gasteiger partial charge in [0.05, 0.1) is 51.0 Å². The van der Waals surface area contributed by atoms with Crippen molar-refractivity contribution in [3.05, 3.63) is 193 Å². The van der Waals surface area contributed by atoms with Gasteiger partial charge in [0.25, 0.3) is 0 Å². The summed E-state index contributed by atoms with van der Waals surface area (Å²) in [5, 5.41) is 25.5. The minimum absolute atomic E-state index is 0.454. The van der Waals surface area contributed by atoms with Crippen molar-refractivity contribution in [2.24, 2.45) is 0 Å². The molecule has 0 radical (unpaired) electrons. The lowest BCUT2D eigenvalue weighted by molar-refractivity contribution is 1.17. The Morgan fingerprint density at radius 3 is 1.43 bits per heavy atom. The van der Waals surface area contributed by atoms with Gasteiger partial charge in [0.1, 0.15) is 0 Å². The topological polar surface area (TPSA) is 57.4 Å². The Labute approximate surface area is 312 Å². The molecule has 2 heterocycles. The standard InChI is InChI=1S/C50H30N4/c51-31-37-17-12-18-38(32-52)50(37)44-30-48-43(40-21-10-11-22-45(40)53(48)39-19-8-3-9-20-39)29-49(44)54-46-25-23-35(33-13-4-1-5-14-33)27-41(46)42-28-36(24-26-47(42)54)34-15-6-2-7-16-34/h1-30H. The molecular weight excluding hydrogens is 657 g/mol. The number of benzene rings is 8. The van der Waals surface area contributed by atoms with Crippen LogP contribution in [-0.4, -0.2) is 9.13 Å². The SMILES string of the molecule is N#Cc1cccc(C#N)c1-c1cc2c(cc1-n1c3ccc(-c4ccccc4)cc3c3cc(-c4ccccc4)ccc31)c1ccccc1n2-c1ccccc1. The van der Waals surface area contributed by atoms with Crippen LogP contribution in [-0.2, 0) is 0 Å². The summed E-state index contributed by atoms with van der Waals surface area (Å²) in [6, 6.07) is 67.9. The highest BCUT2D eigenvalue weighted by atomic mass is 15.0. The van der Waals surface area contributed by atoms with Crippen molar-refractivity contribution in [1.82, 2.24) is 9.13 Å². The van der Waals surface area contributed by atoms with Gasteiger partial charge in [-0.1, -0.05) is 115 Å². The third-order valence-corrected chi connectivity index (χ3v) is 10.6. The molecule has 0 N–H and O–H groups in total. The largest absolute Gasteiger partial charge is 0.309 e. The van der Waals surface area contributed by atoms with Gasteiger partial charge in [-0.3, -0.25) is 0 Å². The highest BCUT2D eigenvalue weighted by Gasteiger charge is 2.24. The van der Waals surface area contributed by atoms with Crippen LogP contribution in [0.25, 0.3) is 88.4 Å². The van der Waals surface area contributed by atoms with Crippen molar-refractivity contribution >= 4 is 43.6 Å². The number of aromatic nitrogens is 2. The van der Waals surface area contributed by atoms with Gasteiger partial charge in [-0.15, -0.1) is 0 Å². The number of fused-ring (bicyclic) bond motifs is 6. The summed E-state index contributed by atoms with van der Waals surface area (Å²) < 4.78 is 4.61. The third kappa shape index (κ3) is 4.83. The van der Waals surface area contributed by atoms with Crippen molar-refractivity contribution in [1.29, 1.82) is 10.5 Å². The number of nitrogens with zero attached hydrogens (tertiary/aromatic N) is 4. The summed E-state index contributed by atoms with van der Waals surface area (Å²) in [6.07, 6.45) is 0. The molecule has 4 nitrogen and oxygen atoms in total. The van der Waals surface area contributed by atoms with Gasteiger partial charge in [-0.05, 0) is 89.0 Å². The summed E-state index contributed by atoms with van der Waals surface area (Å²) in [5.41, 5.74) is 13.0. The molecular formula is C50H30N4. The van der Waals surface area contributed by atoms with E-state index in [4.69, 9.17) is 0 Å². The predicted molar refractivity (Wildman–Crippen MR) is 221 cm³/mol. The molecule has 0 atom stereocenters. The van der Waals surface area contributed by atoms with E-state index in [1.165, 1.54) is 0 Å². The molecule has 54 heavy (non-hydrogen) atoms. The van der Waals surface area contributed by atoms with Gasteiger partial charge >= 0.3 is 0 Å². The minimum Gasteiger partial charge on any atom is -0.309 e. The molecule has 0 aliphatic rings. The Bertz CT molecular complexity index is 3030. The van der Waals surface area contributed by atoms with Gasteiger partial charge in [-0.2, -0.15) is 10.5 Å². The molecule has 10 aromatic rings. The maximum atomic E-state index is 10.5. The lowest BCUT2D eigenvalue weighted by Gasteiger charge is -2.18. The zero-order valence-corrected chi connectivity index (χ0v) is 29.1. The quantitative estimate of drug-likeness (QED) is 0.181. The van der Waals surface area contributed by atoms with E-state index in [1.807, 2.05) is 18.2 Å². The van der Waals surface area contributed by atoms with E-state index in [2.05, 4.69) is 167 Å². The molecule has 0 bridgehead atoms. The van der Waals surface area contributed by atoms with Gasteiger partial charge in [0, 0.05) is 38.4 Å². The van der Waals surface area contributed by atoms with Gasteiger partial charge in [-0.25, -0.2) is 0 Å². The Hall–Kier alpha value is -7.66. The first-order valence-electron chi connectivity index (χ1n) is 18.0. The van der Waals surface area contributed by atoms with Gasteiger partial charge in [0.15, 0.2) is 0 Å². The van der Waals surface area contributed by atoms with Gasteiger partial charge in [0.2, 0.25) is 0 Å². The fourth-order valence-corrected chi connectivity index (χ4v) is 8.18. The molecule has 0 saturated heterocycles. The average Bonchev–Trinajstić information content (AvgIpc) is 3.75. The smallest absolute Gasteiger partial charge is 0.0998 e. The fourth-order valence-electron chi connectivity index (χ4n) is 8.18. The molecule has 250 valence electrons. The van der Waals surface area contributed by atoms with E-state index in [1.54, 1.807) is 18.2 Å². The lowest BCUT2D eigenvalue weighted by atomic mass is 9.92. The fraction of sp³-hybridized carbons (Fsp3) is 0. The van der Waals surface area contributed by atoms with Gasteiger partial charge < -0.3 is 9.13 Å². The highest BCUT2D eigenvalue weighted by molar-refractivity contribution is 6.15. The summed E-state index contributed by atoms with van der Waals surface area (Å²) in [5.74, 6) is 0. The Kier molecular flexibility index (Phi) is 7.22. The second-order valence-electron chi connectivity index (χ2n) is 13.6. The van der Waals surface area contributed by atoms with E-state index in [9.17, 15) is 10.5 Å². The van der Waals surface area contributed by atoms with Crippen molar-refractivity contribution in [3.63, 3.8) is 0 Å². The van der Waals surface area contributed by atoms with Crippen molar-refractivity contribution in [2.75, 3.05) is 0 Å². The zero-order chi connectivity index (χ0) is 36.2. The second-order valence-corrected chi connectivity index (χ2v) is 13.6. The molecule has 0 unspecified atom stereocenters. The molecule has 10 rings (SSSR count). The van der Waals surface area contributed by atoms with Crippen LogP contribution < -0.4 is 0 Å². The van der Waals surface area contributed by atoms with Crippen LogP contribution in [0.4, 0.5) is 0 Å². The summed E-state index contributed by atoms with van der Waals surface area (Å²) >= 11 is 0. The third-order valence-electron chi connectivity index (χ3n) is 10.6. The molecule has 0 aliphatic carbocycles. The maximum Gasteiger partial charge on any atom is 0.0998 e. The van der Waals surface area contributed by atoms with Crippen LogP contribution in [0.3, 0.4) is 0 Å². The highest BCUT2D eigenvalue weighted by Crippen LogP contribution is 2.44. The zero-order valence-electron chi connectivity index (χ0n) is 29.1. The Balaban J connectivity index is 1.38. The molecule has 0 fully saturated rings. The van der Waals surface area contributed by atoms with Crippen molar-refractivity contribution in [3.8, 4) is 56.9 Å². The first-order chi connectivity index (χ1) is 26.7. The number of rotatable bonds is 5. The minimum atomic E-state index is 0.454. The van der Waals surface area contributed by atoms with Crippen LogP contribution in [0.5, 0.6) is 0 Å². The number of nitriles is 2. The van der Waals surface area contributed by atoms with Crippen LogP contribution in [0.2, 0.25) is 0 Å². The molecule has 4 heteroatoms. The van der Waals surface area contributed by atoms with E-state index >= 15 is 0 Å². The monoisotopic (exact) mass is 686 g/mol. The molecule has 0 saturated carbocycles. The van der Waals surface area contributed by atoms with Crippen LogP contribution in [0.15, 0.2) is 182 Å². The van der Waals surface area contributed by atoms with Crippen molar-refractivity contribution < 1.29 is 0 Å².